The number of aliphatic hydroxyl groups is 1. The number of urea groups is 1. The topological polar surface area (TPSA) is 180 Å². The molecule has 12 heteroatoms. The van der Waals surface area contributed by atoms with Crippen molar-refractivity contribution in [3.63, 3.8) is 0 Å². The number of esters is 1. The lowest BCUT2D eigenvalue weighted by Gasteiger charge is -2.42. The van der Waals surface area contributed by atoms with Gasteiger partial charge in [-0.1, -0.05) is 68.2 Å². The fourth-order valence-electron chi connectivity index (χ4n) is 6.64. The summed E-state index contributed by atoms with van der Waals surface area (Å²) in [6, 6.07) is -4.27. The molecule has 0 bridgehead atoms. The molecule has 2 unspecified atom stereocenters. The van der Waals surface area contributed by atoms with Gasteiger partial charge in [-0.15, -0.1) is 0 Å². The van der Waals surface area contributed by atoms with Crippen LogP contribution in [0.2, 0.25) is 0 Å². The number of Topliss-reactive ketones (excluding diaryl/α,β-unsaturated/α-hetero) is 1. The van der Waals surface area contributed by atoms with Gasteiger partial charge in [0.15, 0.2) is 0 Å². The Hall–Kier alpha value is -2.73. The van der Waals surface area contributed by atoms with Gasteiger partial charge in [-0.05, 0) is 74.0 Å². The number of ether oxygens (including phenoxy) is 1. The summed E-state index contributed by atoms with van der Waals surface area (Å²) < 4.78 is 5.83. The van der Waals surface area contributed by atoms with Crippen molar-refractivity contribution in [1.29, 1.82) is 0 Å². The number of amides is 4. The number of carbonyl (C=O) groups is 5. The predicted molar refractivity (Wildman–Crippen MR) is 174 cm³/mol. The Labute approximate surface area is 274 Å². The van der Waals surface area contributed by atoms with Crippen LogP contribution in [0.5, 0.6) is 0 Å². The van der Waals surface area contributed by atoms with Gasteiger partial charge in [-0.3, -0.25) is 19.3 Å². The number of primary amides is 1. The second-order valence-corrected chi connectivity index (χ2v) is 16.8. The van der Waals surface area contributed by atoms with E-state index in [0.29, 0.717) is 25.3 Å². The Morgan fingerprint density at radius 3 is 1.93 bits per heavy atom. The molecule has 3 rings (SSSR count). The van der Waals surface area contributed by atoms with Crippen molar-refractivity contribution >= 4 is 29.6 Å². The highest BCUT2D eigenvalue weighted by Crippen LogP contribution is 2.42. The summed E-state index contributed by atoms with van der Waals surface area (Å²) in [4.78, 5) is 66.8. The molecule has 6 atom stereocenters. The molecule has 4 amide bonds. The van der Waals surface area contributed by atoms with Crippen molar-refractivity contribution in [2.75, 3.05) is 6.54 Å². The predicted octanol–water partition coefficient (Wildman–Crippen LogP) is 2.85. The minimum Gasteiger partial charge on any atom is -0.458 e. The molecule has 262 valence electrons. The molecule has 0 aromatic carbocycles. The van der Waals surface area contributed by atoms with Crippen molar-refractivity contribution in [3.8, 4) is 0 Å². The first kappa shape index (κ1) is 37.7. The maximum Gasteiger partial charge on any atom is 0.329 e. The zero-order valence-corrected chi connectivity index (χ0v) is 29.6. The van der Waals surface area contributed by atoms with Gasteiger partial charge >= 0.3 is 12.0 Å². The maximum atomic E-state index is 14.0. The molecule has 6 N–H and O–H groups in total. The van der Waals surface area contributed by atoms with Gasteiger partial charge in [0.05, 0.1) is 18.1 Å². The summed E-state index contributed by atoms with van der Waals surface area (Å²) in [5.74, 6) is -2.79. The minimum absolute atomic E-state index is 0.197. The van der Waals surface area contributed by atoms with Gasteiger partial charge in [-0.2, -0.15) is 0 Å². The lowest BCUT2D eigenvalue weighted by atomic mass is 9.75. The normalized spacial score (nSPS) is 23.7. The number of nitrogens with zero attached hydrogens (tertiary/aromatic N) is 1. The summed E-state index contributed by atoms with van der Waals surface area (Å²) >= 11 is 0. The molecule has 12 nitrogen and oxygen atoms in total. The van der Waals surface area contributed by atoms with Crippen LogP contribution in [0, 0.1) is 34.5 Å². The number of nitrogens with two attached hydrogens (primary N) is 1. The lowest BCUT2D eigenvalue weighted by Crippen LogP contribution is -2.64. The van der Waals surface area contributed by atoms with Crippen LogP contribution in [0.3, 0.4) is 0 Å². The summed E-state index contributed by atoms with van der Waals surface area (Å²) in [5.41, 5.74) is 3.69. The Bertz CT molecular complexity index is 1150. The molecule has 0 aromatic heterocycles. The van der Waals surface area contributed by atoms with E-state index in [9.17, 15) is 29.1 Å². The van der Waals surface area contributed by atoms with Crippen LogP contribution in [-0.2, 0) is 23.9 Å². The van der Waals surface area contributed by atoms with E-state index in [1.54, 1.807) is 4.90 Å². The van der Waals surface area contributed by atoms with Gasteiger partial charge in [0.1, 0.15) is 17.9 Å². The van der Waals surface area contributed by atoms with E-state index in [1.165, 1.54) is 0 Å². The maximum absolute atomic E-state index is 14.0. The van der Waals surface area contributed by atoms with Crippen LogP contribution in [0.15, 0.2) is 0 Å². The second kappa shape index (κ2) is 14.2. The first-order valence-electron chi connectivity index (χ1n) is 16.9. The Kier molecular flexibility index (Phi) is 11.6. The fourth-order valence-corrected chi connectivity index (χ4v) is 6.64. The number of carbonyl (C=O) groups excluding carboxylic acids is 5. The smallest absolute Gasteiger partial charge is 0.329 e. The van der Waals surface area contributed by atoms with Gasteiger partial charge in [0, 0.05) is 6.54 Å². The van der Waals surface area contributed by atoms with Crippen LogP contribution >= 0.6 is 0 Å². The number of hydrogen-bond acceptors (Lipinski definition) is 8. The van der Waals surface area contributed by atoms with Crippen LogP contribution < -0.4 is 21.7 Å². The van der Waals surface area contributed by atoms with E-state index < -0.39 is 71.0 Å². The highest BCUT2D eigenvalue weighted by atomic mass is 16.6. The molecule has 1 saturated heterocycles. The van der Waals surface area contributed by atoms with Crippen molar-refractivity contribution in [2.45, 2.75) is 144 Å². The highest BCUT2D eigenvalue weighted by Gasteiger charge is 2.51. The van der Waals surface area contributed by atoms with Gasteiger partial charge in [0.25, 0.3) is 5.91 Å². The van der Waals surface area contributed by atoms with E-state index in [1.807, 2.05) is 69.2 Å². The van der Waals surface area contributed by atoms with Crippen molar-refractivity contribution in [3.05, 3.63) is 0 Å². The Balaban J connectivity index is 1.82. The molecular formula is C34H59N5O7. The minimum atomic E-state index is -1.29. The third-order valence-corrected chi connectivity index (χ3v) is 9.95. The number of likely N-dealkylation sites (tertiary alicyclic amines) is 1. The van der Waals surface area contributed by atoms with Crippen LogP contribution in [-0.4, -0.2) is 82.1 Å². The first-order chi connectivity index (χ1) is 21.0. The molecular weight excluding hydrogens is 590 g/mol. The Morgan fingerprint density at radius 1 is 0.891 bits per heavy atom. The van der Waals surface area contributed by atoms with E-state index in [0.717, 1.165) is 25.7 Å². The SMILES string of the molecule is CC(C)[C@H](NC(=O)N[C@H](C(O)N1CC[C@H](C(C)(C)C)[C@H]1C(=O)NC(CC1CC1)C(=O)C(N)=O)C(C)(C)C)C(=O)OC(C)(C)C1CC1. The number of rotatable bonds is 14. The van der Waals surface area contributed by atoms with Gasteiger partial charge in [-0.25, -0.2) is 9.59 Å². The van der Waals surface area contributed by atoms with E-state index in [2.05, 4.69) is 16.0 Å². The van der Waals surface area contributed by atoms with Gasteiger partial charge in [0.2, 0.25) is 11.7 Å². The summed E-state index contributed by atoms with van der Waals surface area (Å²) in [6.07, 6.45) is 3.49. The fraction of sp³-hybridized carbons (Fsp3) is 0.853. The molecule has 0 spiro atoms. The van der Waals surface area contributed by atoms with Crippen molar-refractivity contribution in [2.24, 2.45) is 40.2 Å². The lowest BCUT2D eigenvalue weighted by molar-refractivity contribution is -0.162. The number of aliphatic hydroxyl groups excluding tert-OH is 1. The van der Waals surface area contributed by atoms with E-state index in [4.69, 9.17) is 10.5 Å². The first-order valence-corrected chi connectivity index (χ1v) is 16.9. The van der Waals surface area contributed by atoms with Crippen molar-refractivity contribution < 1.29 is 33.8 Å². The molecule has 46 heavy (non-hydrogen) atoms. The molecule has 2 aliphatic carbocycles. The molecule has 3 aliphatic rings. The summed E-state index contributed by atoms with van der Waals surface area (Å²) in [7, 11) is 0. The zero-order valence-electron chi connectivity index (χ0n) is 29.6. The van der Waals surface area contributed by atoms with Crippen LogP contribution in [0.1, 0.15) is 108 Å². The van der Waals surface area contributed by atoms with Gasteiger partial charge < -0.3 is 31.5 Å². The average molecular weight is 650 g/mol. The number of ketones is 1. The molecule has 0 radical (unpaired) electrons. The van der Waals surface area contributed by atoms with Crippen molar-refractivity contribution in [1.82, 2.24) is 20.9 Å². The second-order valence-electron chi connectivity index (χ2n) is 16.8. The zero-order chi connectivity index (χ0) is 34.9. The van der Waals surface area contributed by atoms with Crippen LogP contribution in [0.4, 0.5) is 4.79 Å². The molecule has 1 heterocycles. The monoisotopic (exact) mass is 649 g/mol. The molecule has 0 aromatic rings. The summed E-state index contributed by atoms with van der Waals surface area (Å²) in [5, 5.41) is 20.4. The molecule has 1 aliphatic heterocycles. The average Bonchev–Trinajstić information content (AvgIpc) is 3.85. The third kappa shape index (κ3) is 9.65. The number of hydrogen-bond donors (Lipinski definition) is 5. The highest BCUT2D eigenvalue weighted by molar-refractivity contribution is 6.37. The third-order valence-electron chi connectivity index (χ3n) is 9.95. The number of nitrogens with one attached hydrogen (secondary N) is 3. The van der Waals surface area contributed by atoms with E-state index in [-0.39, 0.29) is 23.2 Å². The summed E-state index contributed by atoms with van der Waals surface area (Å²) in [6.45, 7) is 19.5. The molecule has 3 fully saturated rings. The van der Waals surface area contributed by atoms with Crippen LogP contribution in [0.25, 0.3) is 0 Å². The molecule has 2 saturated carbocycles. The van der Waals surface area contributed by atoms with E-state index >= 15 is 0 Å². The quantitative estimate of drug-likeness (QED) is 0.141. The standard InChI is InChI=1S/C34H59N5O7/c1-18(2)23(30(44)46-34(9,10)20-13-14-20)37-31(45)38-26(33(6,7)8)29(43)39-16-15-21(32(3,4)5)24(39)28(42)36-22(17-19-11-12-19)25(40)27(35)41/h18-24,26,29,43H,11-17H2,1-10H3,(H2,35,41)(H,36,42)(H2,37,38,45)/t21-,22?,23-,24-,26+,29?/m0/s1. The Morgan fingerprint density at radius 2 is 1.48 bits per heavy atom. The largest absolute Gasteiger partial charge is 0.458 e.